The van der Waals surface area contributed by atoms with Crippen LogP contribution >= 0.6 is 6.83 Å². The molecule has 1 aliphatic rings. The van der Waals surface area contributed by atoms with E-state index in [4.69, 9.17) is 13.4 Å². The Bertz CT molecular complexity index is 1370. The molecule has 0 unspecified atom stereocenters. The molecule has 0 N–H and O–H groups in total. The van der Waals surface area contributed by atoms with E-state index in [0.717, 1.165) is 98.3 Å². The molecule has 0 atom stereocenters. The van der Waals surface area contributed by atoms with Crippen molar-refractivity contribution in [1.82, 2.24) is 0 Å². The molecular weight excluding hydrogens is 619 g/mol. The molecule has 258 valence electrons. The molecule has 7 nitrogen and oxygen atoms in total. The Hall–Kier alpha value is -2.28. The number of ether oxygens (including phenoxy) is 2. The van der Waals surface area contributed by atoms with Crippen LogP contribution in [0.5, 0.6) is 0 Å². The molecule has 2 aromatic carbocycles. The predicted molar refractivity (Wildman–Crippen MR) is 189 cm³/mol. The van der Waals surface area contributed by atoms with Gasteiger partial charge < -0.3 is 0 Å². The van der Waals surface area contributed by atoms with E-state index in [-0.39, 0.29) is 29.7 Å². The fraction of sp³-hybridized carbons (Fsp3) is 0.622. The Morgan fingerprint density at radius 1 is 0.674 bits per heavy atom. The van der Waals surface area contributed by atoms with Gasteiger partial charge in [-0.25, -0.2) is 0 Å². The molecule has 0 bridgehead atoms. The Labute approximate surface area is 278 Å². The van der Waals surface area contributed by atoms with Crippen molar-refractivity contribution < 1.29 is 31.5 Å². The van der Waals surface area contributed by atoms with Gasteiger partial charge in [-0.3, -0.25) is 0 Å². The molecule has 2 aromatic rings. The van der Waals surface area contributed by atoms with Gasteiger partial charge in [-0.05, 0) is 0 Å². The Morgan fingerprint density at radius 3 is 1.59 bits per heavy atom. The Morgan fingerprint density at radius 2 is 1.13 bits per heavy atom. The summed E-state index contributed by atoms with van der Waals surface area (Å²) in [5.74, 6) is -0.666. The number of hydrogen-bond acceptors (Lipinski definition) is 7. The average Bonchev–Trinajstić information content (AvgIpc) is 3.35. The predicted octanol–water partition coefficient (Wildman–Crippen LogP) is 9.23. The van der Waals surface area contributed by atoms with Gasteiger partial charge in [0.1, 0.15) is 0 Å². The van der Waals surface area contributed by atoms with Crippen LogP contribution in [0.25, 0.3) is 11.1 Å². The first-order chi connectivity index (χ1) is 22.0. The van der Waals surface area contributed by atoms with Gasteiger partial charge in [-0.2, -0.15) is 0 Å². The third-order valence-electron chi connectivity index (χ3n) is 10.1. The van der Waals surface area contributed by atoms with Gasteiger partial charge in [0.05, 0.1) is 0 Å². The van der Waals surface area contributed by atoms with Crippen molar-refractivity contribution in [2.75, 3.05) is 38.9 Å². The van der Waals surface area contributed by atoms with E-state index in [1.165, 1.54) is 14.2 Å². The van der Waals surface area contributed by atoms with E-state index in [1.807, 2.05) is 30.3 Å². The number of benzene rings is 2. The maximum atomic E-state index is 14.6. The number of carbonyl (C=O) groups excluding carboxylic acids is 2. The summed E-state index contributed by atoms with van der Waals surface area (Å²) in [6, 6.07) is 13.2. The van der Waals surface area contributed by atoms with Gasteiger partial charge in [0, 0.05) is 0 Å². The molecule has 46 heavy (non-hydrogen) atoms. The summed E-state index contributed by atoms with van der Waals surface area (Å²) in [6.45, 7) is 5.55. The van der Waals surface area contributed by atoms with Crippen LogP contribution in [-0.2, 0) is 38.6 Å². The van der Waals surface area contributed by atoms with Crippen molar-refractivity contribution in [3.63, 3.8) is 0 Å². The number of methoxy groups -OCH3 is 2. The van der Waals surface area contributed by atoms with E-state index in [0.29, 0.717) is 12.8 Å². The average molecular weight is 677 g/mol. The van der Waals surface area contributed by atoms with Crippen LogP contribution in [0, 0.1) is 0 Å². The summed E-state index contributed by atoms with van der Waals surface area (Å²) in [6.07, 6.45) is 12.4. The molecule has 0 saturated carbocycles. The Balaban J connectivity index is 2.20. The Kier molecular flexibility index (Phi) is 13.9. The van der Waals surface area contributed by atoms with Crippen molar-refractivity contribution in [3.05, 3.63) is 53.6 Å². The summed E-state index contributed by atoms with van der Waals surface area (Å²) in [5, 5.41) is 0. The van der Waals surface area contributed by atoms with Crippen molar-refractivity contribution in [2.45, 2.75) is 115 Å². The number of rotatable bonds is 21. The molecule has 0 radical (unpaired) electrons. The second-order valence-electron chi connectivity index (χ2n) is 13.2. The van der Waals surface area contributed by atoms with Crippen molar-refractivity contribution in [2.24, 2.45) is 0 Å². The standard InChI is InChI=1S/C37H57O7PS/c1-7-11-25-45(26-12-8-2,27-13-9-3,28-14-10-4)44-46(40,41)30-19-20-34-32(29-30)31-17-15-16-18-33(31)37(34,23-21-35(38)42-5)24-22-36(39)43-6/h15-20,29H,7-14,21-28H2,1-6H3. The summed E-state index contributed by atoms with van der Waals surface area (Å²) in [7, 11) is -1.37. The molecule has 0 saturated heterocycles. The zero-order chi connectivity index (χ0) is 33.9. The van der Waals surface area contributed by atoms with E-state index >= 15 is 0 Å². The first kappa shape index (κ1) is 38.2. The van der Waals surface area contributed by atoms with Crippen LogP contribution in [0.3, 0.4) is 0 Å². The number of hydrogen-bond donors (Lipinski definition) is 0. The first-order valence-electron chi connectivity index (χ1n) is 17.3. The topological polar surface area (TPSA) is 96.0 Å². The maximum absolute atomic E-state index is 14.6. The van der Waals surface area contributed by atoms with Crippen molar-refractivity contribution in [3.8, 4) is 11.1 Å². The normalized spacial score (nSPS) is 14.6. The molecular formula is C37H57O7PS. The number of unbranched alkanes of at least 4 members (excludes halogenated alkanes) is 4. The van der Waals surface area contributed by atoms with Crippen molar-refractivity contribution >= 4 is 28.9 Å². The van der Waals surface area contributed by atoms with Gasteiger partial charge in [0.2, 0.25) is 0 Å². The second kappa shape index (κ2) is 16.7. The summed E-state index contributed by atoms with van der Waals surface area (Å²) < 4.78 is 46.0. The molecule has 0 amide bonds. The summed E-state index contributed by atoms with van der Waals surface area (Å²) in [5.41, 5.74) is 2.92. The molecule has 0 aliphatic heterocycles. The minimum absolute atomic E-state index is 0.160. The van der Waals surface area contributed by atoms with Crippen LogP contribution in [0.1, 0.15) is 116 Å². The minimum atomic E-state index is -4.11. The van der Waals surface area contributed by atoms with Crippen LogP contribution in [0.15, 0.2) is 47.4 Å². The fourth-order valence-corrected chi connectivity index (χ4v) is 17.5. The molecule has 0 aromatic heterocycles. The molecule has 0 heterocycles. The van der Waals surface area contributed by atoms with E-state index < -0.39 is 22.4 Å². The molecule has 0 fully saturated rings. The molecule has 0 spiro atoms. The van der Waals surface area contributed by atoms with Crippen LogP contribution in [0.4, 0.5) is 0 Å². The van der Waals surface area contributed by atoms with E-state index in [1.54, 1.807) is 12.1 Å². The monoisotopic (exact) mass is 676 g/mol. The summed E-state index contributed by atoms with van der Waals surface area (Å²) in [4.78, 5) is 24.9. The third-order valence-corrected chi connectivity index (χ3v) is 19.2. The van der Waals surface area contributed by atoms with Gasteiger partial charge >= 0.3 is 279 Å². The molecule has 1 aliphatic carbocycles. The first-order valence-corrected chi connectivity index (χ1v) is 21.6. The molecule has 3 rings (SSSR count). The van der Waals surface area contributed by atoms with Crippen molar-refractivity contribution in [1.29, 1.82) is 0 Å². The third kappa shape index (κ3) is 8.41. The van der Waals surface area contributed by atoms with Gasteiger partial charge in [0.25, 0.3) is 0 Å². The van der Waals surface area contributed by atoms with Crippen LogP contribution in [0.2, 0.25) is 0 Å². The quantitative estimate of drug-likeness (QED) is 0.0961. The number of fused-ring (bicyclic) bond motifs is 3. The van der Waals surface area contributed by atoms with Crippen LogP contribution < -0.4 is 0 Å². The SMILES string of the molecule is CCCCP(CCCC)(CCCC)(CCCC)OS(=O)(=O)c1ccc2c(c1)-c1ccccc1C2(CCC(=O)OC)CCC(=O)OC. The zero-order valence-electron chi connectivity index (χ0n) is 29.1. The fourth-order valence-electron chi connectivity index (χ4n) is 7.47. The number of esters is 2. The van der Waals surface area contributed by atoms with Gasteiger partial charge in [-0.15, -0.1) is 0 Å². The second-order valence-corrected chi connectivity index (χ2v) is 20.7. The van der Waals surface area contributed by atoms with E-state index in [2.05, 4.69) is 27.7 Å². The van der Waals surface area contributed by atoms with Gasteiger partial charge in [-0.1, -0.05) is 0 Å². The van der Waals surface area contributed by atoms with Crippen LogP contribution in [-0.4, -0.2) is 59.2 Å². The number of carbonyl (C=O) groups is 2. The summed E-state index contributed by atoms with van der Waals surface area (Å²) >= 11 is 0. The molecule has 9 heteroatoms. The van der Waals surface area contributed by atoms with Gasteiger partial charge in [0.15, 0.2) is 0 Å². The zero-order valence-corrected chi connectivity index (χ0v) is 30.8. The van der Waals surface area contributed by atoms with E-state index in [9.17, 15) is 18.0 Å².